The number of imide groups is 1. The van der Waals surface area contributed by atoms with Crippen molar-refractivity contribution in [3.63, 3.8) is 0 Å². The Hall–Kier alpha value is -3.94. The van der Waals surface area contributed by atoms with Gasteiger partial charge in [-0.2, -0.15) is 0 Å². The van der Waals surface area contributed by atoms with E-state index in [-0.39, 0.29) is 17.7 Å². The van der Waals surface area contributed by atoms with Gasteiger partial charge in [0.25, 0.3) is 0 Å². The first-order valence-electron chi connectivity index (χ1n) is 14.1. The van der Waals surface area contributed by atoms with Gasteiger partial charge in [-0.3, -0.25) is 9.59 Å². The van der Waals surface area contributed by atoms with Gasteiger partial charge in [-0.15, -0.1) is 0 Å². The number of aryl methyl sites for hydroxylation is 3. The van der Waals surface area contributed by atoms with E-state index in [0.29, 0.717) is 29.3 Å². The Morgan fingerprint density at radius 1 is 1.05 bits per heavy atom. The van der Waals surface area contributed by atoms with Crippen molar-refractivity contribution in [1.29, 1.82) is 0 Å². The summed E-state index contributed by atoms with van der Waals surface area (Å²) in [4.78, 5) is 50.9. The minimum absolute atomic E-state index is 0.226. The summed E-state index contributed by atoms with van der Waals surface area (Å²) in [5, 5.41) is 15.1. The van der Waals surface area contributed by atoms with Crippen LogP contribution in [-0.4, -0.2) is 47.4 Å². The highest BCUT2D eigenvalue weighted by molar-refractivity contribution is 6.02. The van der Waals surface area contributed by atoms with Gasteiger partial charge in [0.05, 0.1) is 12.5 Å². The normalized spacial score (nSPS) is 21.0. The summed E-state index contributed by atoms with van der Waals surface area (Å²) in [6.07, 6.45) is 4.90. The lowest BCUT2D eigenvalue weighted by Gasteiger charge is -2.31. The van der Waals surface area contributed by atoms with E-state index >= 15 is 0 Å². The van der Waals surface area contributed by atoms with Crippen LogP contribution < -0.4 is 10.6 Å². The van der Waals surface area contributed by atoms with Crippen LogP contribution in [0.25, 0.3) is 0 Å². The van der Waals surface area contributed by atoms with E-state index in [2.05, 4.69) is 49.6 Å². The molecule has 4 amide bonds. The van der Waals surface area contributed by atoms with Gasteiger partial charge in [-0.25, -0.2) is 14.5 Å². The molecule has 0 spiro atoms. The highest BCUT2D eigenvalue weighted by atomic mass is 16.4. The van der Waals surface area contributed by atoms with Gasteiger partial charge in [0.2, 0.25) is 5.91 Å². The maximum Gasteiger partial charge on any atom is 0.414 e. The van der Waals surface area contributed by atoms with E-state index in [4.69, 9.17) is 0 Å². The molecule has 212 valence electrons. The number of nitrogens with one attached hydrogen (secondary N) is 2. The third-order valence-corrected chi connectivity index (χ3v) is 8.34. The van der Waals surface area contributed by atoms with Gasteiger partial charge >= 0.3 is 12.1 Å². The number of ketones is 1. The first kappa shape index (κ1) is 29.1. The molecule has 3 N–H and O–H groups in total. The van der Waals surface area contributed by atoms with E-state index in [1.54, 1.807) is 24.3 Å². The molecular weight excluding hydrogens is 506 g/mol. The number of rotatable bonds is 7. The molecule has 8 heteroatoms. The molecule has 0 heterocycles. The van der Waals surface area contributed by atoms with Crippen molar-refractivity contribution in [1.82, 2.24) is 10.2 Å². The van der Waals surface area contributed by atoms with Crippen LogP contribution in [0.2, 0.25) is 0 Å². The van der Waals surface area contributed by atoms with Crippen molar-refractivity contribution in [2.45, 2.75) is 71.1 Å². The molecule has 4 rings (SSSR count). The maximum atomic E-state index is 13.4. The van der Waals surface area contributed by atoms with Crippen LogP contribution in [0.4, 0.5) is 15.3 Å². The van der Waals surface area contributed by atoms with E-state index in [1.165, 1.54) is 23.7 Å². The van der Waals surface area contributed by atoms with Gasteiger partial charge in [-0.05, 0) is 97.7 Å². The summed E-state index contributed by atoms with van der Waals surface area (Å²) in [5.41, 5.74) is 7.13. The first-order valence-corrected chi connectivity index (χ1v) is 14.1. The molecular formula is C32H39N3O5. The van der Waals surface area contributed by atoms with Crippen LogP contribution in [-0.2, 0) is 22.4 Å². The number of hydrogen-bond donors (Lipinski definition) is 3. The molecule has 8 nitrogen and oxygen atoms in total. The number of nitrogens with zero attached hydrogens (tertiary/aromatic N) is 1. The van der Waals surface area contributed by atoms with Crippen LogP contribution in [0.3, 0.4) is 0 Å². The average Bonchev–Trinajstić information content (AvgIpc) is 3.35. The number of fused-ring (bicyclic) bond motifs is 1. The van der Waals surface area contributed by atoms with Gasteiger partial charge in [0, 0.05) is 12.7 Å². The fraction of sp³-hybridized carbons (Fsp3) is 0.438. The number of urea groups is 1. The van der Waals surface area contributed by atoms with Crippen LogP contribution in [0.15, 0.2) is 48.0 Å². The maximum absolute atomic E-state index is 13.4. The van der Waals surface area contributed by atoms with Gasteiger partial charge < -0.3 is 15.7 Å². The zero-order valence-corrected chi connectivity index (χ0v) is 23.8. The number of carbonyl (C=O) groups is 4. The fourth-order valence-electron chi connectivity index (χ4n) is 6.11. The topological polar surface area (TPSA) is 116 Å². The van der Waals surface area contributed by atoms with Crippen molar-refractivity contribution in [3.05, 3.63) is 75.9 Å². The van der Waals surface area contributed by atoms with Crippen LogP contribution in [0, 0.1) is 12.8 Å². The molecule has 1 saturated carbocycles. The molecule has 0 radical (unpaired) electrons. The molecule has 1 fully saturated rings. The number of benzene rings is 2. The lowest BCUT2D eigenvalue weighted by Crippen LogP contribution is -2.41. The Labute approximate surface area is 235 Å². The largest absolute Gasteiger partial charge is 0.465 e. The number of hydrogen-bond acceptors (Lipinski definition) is 4. The molecule has 0 aliphatic heterocycles. The molecule has 2 aliphatic rings. The van der Waals surface area contributed by atoms with Crippen LogP contribution >= 0.6 is 0 Å². The smallest absolute Gasteiger partial charge is 0.414 e. The molecule has 2 unspecified atom stereocenters. The van der Waals surface area contributed by atoms with Gasteiger partial charge in [0.15, 0.2) is 5.78 Å². The second kappa shape index (κ2) is 12.5. The van der Waals surface area contributed by atoms with E-state index < -0.39 is 24.5 Å². The van der Waals surface area contributed by atoms with Crippen molar-refractivity contribution in [2.75, 3.05) is 18.9 Å². The summed E-state index contributed by atoms with van der Waals surface area (Å²) >= 11 is 0. The quantitative estimate of drug-likeness (QED) is 0.372. The number of carboxylic acid groups (broad SMARTS) is 1. The van der Waals surface area contributed by atoms with Crippen LogP contribution in [0.1, 0.15) is 79.2 Å². The zero-order valence-electron chi connectivity index (χ0n) is 23.8. The molecule has 40 heavy (non-hydrogen) atoms. The van der Waals surface area contributed by atoms with Gasteiger partial charge in [-0.1, -0.05) is 49.2 Å². The van der Waals surface area contributed by atoms with Crippen molar-refractivity contribution >= 4 is 29.5 Å². The number of anilines is 1. The minimum Gasteiger partial charge on any atom is -0.465 e. The number of amides is 4. The molecule has 2 aromatic carbocycles. The monoisotopic (exact) mass is 545 g/mol. The lowest BCUT2D eigenvalue weighted by atomic mass is 9.74. The molecule has 0 bridgehead atoms. The van der Waals surface area contributed by atoms with E-state index in [9.17, 15) is 24.3 Å². The second-order valence-electron chi connectivity index (χ2n) is 11.0. The molecule has 2 aliphatic carbocycles. The van der Waals surface area contributed by atoms with E-state index in [1.807, 2.05) is 0 Å². The predicted molar refractivity (Wildman–Crippen MR) is 155 cm³/mol. The fourth-order valence-corrected chi connectivity index (χ4v) is 6.11. The van der Waals surface area contributed by atoms with Crippen molar-refractivity contribution < 1.29 is 24.3 Å². The third kappa shape index (κ3) is 6.43. The highest BCUT2D eigenvalue weighted by Gasteiger charge is 2.35. The predicted octanol–water partition coefficient (Wildman–Crippen LogP) is 5.94. The molecule has 2 aromatic rings. The highest BCUT2D eigenvalue weighted by Crippen LogP contribution is 2.41. The van der Waals surface area contributed by atoms with Crippen LogP contribution in [0.5, 0.6) is 0 Å². The standard InChI is InChI=1S/C32H39N3O5/c1-5-21-14-19(2)6-11-27(21)22-8-7-20(3)24(15-22)17-26(36)18-35(32(39)40)30(37)29-12-9-23-16-25(10-13-28(23)29)34-31(38)33-4/h6,10-11,13-14,16-17,20,22,29H,5,7-9,12,15,18H2,1-4H3,(H,39,40)(H2,33,34,38)/b24-17-/t20?,22?,29-/m0/s1. The average molecular weight is 546 g/mol. The Morgan fingerprint density at radius 3 is 2.50 bits per heavy atom. The van der Waals surface area contributed by atoms with Crippen molar-refractivity contribution in [2.24, 2.45) is 5.92 Å². The first-order chi connectivity index (χ1) is 19.1. The molecule has 3 atom stereocenters. The molecule has 0 aromatic heterocycles. The Morgan fingerprint density at radius 2 is 1.80 bits per heavy atom. The van der Waals surface area contributed by atoms with Gasteiger partial charge in [0.1, 0.15) is 0 Å². The Kier molecular flexibility index (Phi) is 9.07. The summed E-state index contributed by atoms with van der Waals surface area (Å²) in [6.45, 7) is 5.86. The zero-order chi connectivity index (χ0) is 29.0. The third-order valence-electron chi connectivity index (χ3n) is 8.34. The number of allylic oxidation sites excluding steroid dienone is 1. The van der Waals surface area contributed by atoms with Crippen molar-refractivity contribution in [3.8, 4) is 0 Å². The summed E-state index contributed by atoms with van der Waals surface area (Å²) in [6, 6.07) is 11.5. The summed E-state index contributed by atoms with van der Waals surface area (Å²) < 4.78 is 0. The summed E-state index contributed by atoms with van der Waals surface area (Å²) in [7, 11) is 1.52. The Balaban J connectivity index is 1.48. The summed E-state index contributed by atoms with van der Waals surface area (Å²) in [5.74, 6) is -1.06. The van der Waals surface area contributed by atoms with E-state index in [0.717, 1.165) is 42.4 Å². The number of carbonyl (C=O) groups excluding carboxylic acids is 3. The molecule has 0 saturated heterocycles. The lowest BCUT2D eigenvalue weighted by molar-refractivity contribution is -0.133. The Bertz CT molecular complexity index is 1350. The SMILES string of the molecule is CCc1cc(C)ccc1C1CCC(C)/C(=C\C(=O)CN(C(=O)O)C(=O)[C@H]2CCc3cc(NC(=O)NC)ccc32)C1. The minimum atomic E-state index is -1.43. The second-order valence-corrected chi connectivity index (χ2v) is 11.0.